The lowest BCUT2D eigenvalue weighted by atomic mass is 10.1. The summed E-state index contributed by atoms with van der Waals surface area (Å²) in [6, 6.07) is 14.6. The fraction of sp³-hybridized carbons (Fsp3) is 0.435. The van der Waals surface area contributed by atoms with Crippen LogP contribution in [0.3, 0.4) is 0 Å². The van der Waals surface area contributed by atoms with Crippen LogP contribution < -0.4 is 10.2 Å². The summed E-state index contributed by atoms with van der Waals surface area (Å²) in [5, 5.41) is 10.9. The van der Waals surface area contributed by atoms with Crippen LogP contribution >= 0.6 is 0 Å². The highest BCUT2D eigenvalue weighted by Gasteiger charge is 2.24. The minimum atomic E-state index is -3.65. The molecule has 3 rings (SSSR count). The molecule has 0 saturated heterocycles. The van der Waals surface area contributed by atoms with Crippen LogP contribution in [0.1, 0.15) is 39.7 Å². The van der Waals surface area contributed by atoms with Crippen LogP contribution in [0.4, 0.5) is 0 Å². The molecule has 0 saturated carbocycles. The number of hydrogen-bond donors (Lipinski definition) is 1. The van der Waals surface area contributed by atoms with E-state index in [2.05, 4.69) is 27.8 Å². The van der Waals surface area contributed by atoms with Crippen LogP contribution in [-0.2, 0) is 21.2 Å². The number of carbonyl (C=O) groups is 1. The first kappa shape index (κ1) is 24.7. The standard InChI is InChI=1S/C23H31N5O4S/c1-5-27(6-2)33(30,31)20-14-15-21-22(16-20)28(26-25-21)32-18(4)23(29)24-17(3)12-13-19-10-8-7-9-11-19/h7-11,14-18H,5-6,12-13H2,1-4H3,(H,24,29)/t17-,18-/m0/s1. The SMILES string of the molecule is CCN(CC)S(=O)(=O)c1ccc2nnn(O[C@@H](C)C(=O)N[C@@H](C)CCc3ccccc3)c2c1. The van der Waals surface area contributed by atoms with Crippen molar-refractivity contribution in [3.63, 3.8) is 0 Å². The Balaban J connectivity index is 1.67. The van der Waals surface area contributed by atoms with E-state index in [4.69, 9.17) is 4.84 Å². The predicted molar refractivity (Wildman–Crippen MR) is 126 cm³/mol. The van der Waals surface area contributed by atoms with Crippen molar-refractivity contribution in [2.45, 2.75) is 57.6 Å². The number of aromatic nitrogens is 3. The van der Waals surface area contributed by atoms with E-state index in [1.54, 1.807) is 26.8 Å². The molecule has 0 bridgehead atoms. The Morgan fingerprint density at radius 3 is 2.48 bits per heavy atom. The molecular weight excluding hydrogens is 442 g/mol. The maximum atomic E-state index is 12.9. The Hall–Kier alpha value is -2.98. The second-order valence-electron chi connectivity index (χ2n) is 7.88. The number of hydrogen-bond acceptors (Lipinski definition) is 6. The lowest BCUT2D eigenvalue weighted by molar-refractivity contribution is -0.133. The van der Waals surface area contributed by atoms with Crippen molar-refractivity contribution in [3.8, 4) is 0 Å². The average molecular weight is 474 g/mol. The van der Waals surface area contributed by atoms with Gasteiger partial charge in [0.05, 0.1) is 4.90 Å². The summed E-state index contributed by atoms with van der Waals surface area (Å²) in [6.07, 6.45) is 0.799. The number of rotatable bonds is 11. The lowest BCUT2D eigenvalue weighted by Crippen LogP contribution is -2.43. The molecular formula is C23H31N5O4S. The molecule has 0 spiro atoms. The number of nitrogens with zero attached hydrogens (tertiary/aromatic N) is 4. The van der Waals surface area contributed by atoms with Gasteiger partial charge in [0.2, 0.25) is 16.1 Å². The third-order valence-electron chi connectivity index (χ3n) is 5.45. The van der Waals surface area contributed by atoms with E-state index in [1.807, 2.05) is 25.1 Å². The van der Waals surface area contributed by atoms with Gasteiger partial charge in [-0.2, -0.15) is 4.31 Å². The predicted octanol–water partition coefficient (Wildman–Crippen LogP) is 2.42. The summed E-state index contributed by atoms with van der Waals surface area (Å²) in [5.74, 6) is -0.286. The van der Waals surface area contributed by atoms with E-state index in [1.165, 1.54) is 22.0 Å². The van der Waals surface area contributed by atoms with Gasteiger partial charge < -0.3 is 10.2 Å². The highest BCUT2D eigenvalue weighted by molar-refractivity contribution is 7.89. The smallest absolute Gasteiger partial charge is 0.263 e. The van der Waals surface area contributed by atoms with Gasteiger partial charge in [-0.3, -0.25) is 4.79 Å². The molecule has 1 amide bonds. The van der Waals surface area contributed by atoms with Gasteiger partial charge in [0, 0.05) is 19.1 Å². The third-order valence-corrected chi connectivity index (χ3v) is 7.50. The Morgan fingerprint density at radius 1 is 1.12 bits per heavy atom. The molecule has 3 aromatic rings. The first-order valence-corrected chi connectivity index (χ1v) is 12.6. The zero-order valence-corrected chi connectivity index (χ0v) is 20.2. The van der Waals surface area contributed by atoms with E-state index >= 15 is 0 Å². The van der Waals surface area contributed by atoms with Crippen LogP contribution in [0.5, 0.6) is 0 Å². The summed E-state index contributed by atoms with van der Waals surface area (Å²) < 4.78 is 27.1. The third kappa shape index (κ3) is 5.88. The maximum Gasteiger partial charge on any atom is 0.263 e. The van der Waals surface area contributed by atoms with E-state index in [0.29, 0.717) is 24.1 Å². The van der Waals surface area contributed by atoms with Crippen molar-refractivity contribution in [1.29, 1.82) is 0 Å². The number of carbonyl (C=O) groups excluding carboxylic acids is 1. The van der Waals surface area contributed by atoms with Crippen LogP contribution in [0.25, 0.3) is 11.0 Å². The number of aryl methyl sites for hydroxylation is 1. The zero-order valence-electron chi connectivity index (χ0n) is 19.4. The number of fused-ring (bicyclic) bond motifs is 1. The number of nitrogens with one attached hydrogen (secondary N) is 1. The van der Waals surface area contributed by atoms with Crippen LogP contribution in [-0.4, -0.2) is 59.0 Å². The van der Waals surface area contributed by atoms with Crippen molar-refractivity contribution in [1.82, 2.24) is 24.8 Å². The van der Waals surface area contributed by atoms with Crippen LogP contribution in [0.2, 0.25) is 0 Å². The summed E-state index contributed by atoms with van der Waals surface area (Å²) in [7, 11) is -3.65. The van der Waals surface area contributed by atoms with Gasteiger partial charge in [-0.1, -0.05) is 49.0 Å². The molecule has 2 aromatic carbocycles. The Bertz CT molecular complexity index is 1180. The quantitative estimate of drug-likeness (QED) is 0.458. The second kappa shape index (κ2) is 10.8. The topological polar surface area (TPSA) is 106 Å². The van der Waals surface area contributed by atoms with E-state index in [-0.39, 0.29) is 16.8 Å². The molecule has 9 nitrogen and oxygen atoms in total. The highest BCUT2D eigenvalue weighted by atomic mass is 32.2. The van der Waals surface area contributed by atoms with Crippen molar-refractivity contribution in [2.75, 3.05) is 13.1 Å². The van der Waals surface area contributed by atoms with Crippen molar-refractivity contribution < 1.29 is 18.0 Å². The van der Waals surface area contributed by atoms with Gasteiger partial charge in [-0.25, -0.2) is 8.42 Å². The van der Waals surface area contributed by atoms with Crippen molar-refractivity contribution >= 4 is 27.0 Å². The van der Waals surface area contributed by atoms with Crippen LogP contribution in [0.15, 0.2) is 53.4 Å². The fourth-order valence-corrected chi connectivity index (χ4v) is 4.97. The van der Waals surface area contributed by atoms with E-state index in [9.17, 15) is 13.2 Å². The van der Waals surface area contributed by atoms with Crippen LogP contribution in [0, 0.1) is 0 Å². The Morgan fingerprint density at radius 2 is 1.82 bits per heavy atom. The van der Waals surface area contributed by atoms with Gasteiger partial charge in [0.25, 0.3) is 5.91 Å². The normalized spacial score (nSPS) is 13.7. The zero-order chi connectivity index (χ0) is 24.0. The molecule has 33 heavy (non-hydrogen) atoms. The largest absolute Gasteiger partial charge is 0.382 e. The van der Waals surface area contributed by atoms with Crippen molar-refractivity contribution in [3.05, 3.63) is 54.1 Å². The number of benzene rings is 2. The minimum absolute atomic E-state index is 0.0398. The van der Waals surface area contributed by atoms with E-state index in [0.717, 1.165) is 17.7 Å². The summed E-state index contributed by atoms with van der Waals surface area (Å²) in [5.41, 5.74) is 2.06. The first-order valence-electron chi connectivity index (χ1n) is 11.1. The molecule has 0 radical (unpaired) electrons. The number of sulfonamides is 1. The molecule has 1 heterocycles. The summed E-state index contributed by atoms with van der Waals surface area (Å²) in [4.78, 5) is 19.5. The molecule has 178 valence electrons. The molecule has 0 aliphatic carbocycles. The Kier molecular flexibility index (Phi) is 8.04. The lowest BCUT2D eigenvalue weighted by Gasteiger charge is -2.19. The van der Waals surface area contributed by atoms with Gasteiger partial charge in [0.1, 0.15) is 11.0 Å². The molecule has 0 aliphatic rings. The summed E-state index contributed by atoms with van der Waals surface area (Å²) in [6.45, 7) is 7.87. The van der Waals surface area contributed by atoms with Gasteiger partial charge in [-0.15, -0.1) is 5.10 Å². The Labute approximate surface area is 194 Å². The first-order chi connectivity index (χ1) is 15.8. The molecule has 1 aromatic heterocycles. The molecule has 0 aliphatic heterocycles. The average Bonchev–Trinajstić information content (AvgIpc) is 3.21. The van der Waals surface area contributed by atoms with Gasteiger partial charge in [-0.05, 0) is 55.7 Å². The van der Waals surface area contributed by atoms with Gasteiger partial charge >= 0.3 is 0 Å². The minimum Gasteiger partial charge on any atom is -0.382 e. The molecule has 2 atom stereocenters. The fourth-order valence-electron chi connectivity index (χ4n) is 3.49. The molecule has 1 N–H and O–H groups in total. The molecule has 0 fully saturated rings. The van der Waals surface area contributed by atoms with Gasteiger partial charge in [0.15, 0.2) is 0 Å². The number of amides is 1. The second-order valence-corrected chi connectivity index (χ2v) is 9.82. The molecule has 10 heteroatoms. The maximum absolute atomic E-state index is 12.9. The van der Waals surface area contributed by atoms with E-state index < -0.39 is 16.1 Å². The van der Waals surface area contributed by atoms with Crippen molar-refractivity contribution in [2.24, 2.45) is 0 Å². The highest BCUT2D eigenvalue weighted by Crippen LogP contribution is 2.20. The molecule has 0 unspecified atom stereocenters. The summed E-state index contributed by atoms with van der Waals surface area (Å²) >= 11 is 0. The monoisotopic (exact) mass is 473 g/mol.